The summed E-state index contributed by atoms with van der Waals surface area (Å²) in [5.74, 6) is -0.662. The SMILES string of the molecule is CCCCOC(=O)N1CCN(C(=O)C(CP(=O)(O)O)NC(=O)c2cc(NC3CC3)nc(-c3ccccc3)n2)CC1. The largest absolute Gasteiger partial charge is 0.449 e. The zero-order valence-electron chi connectivity index (χ0n) is 22.4. The molecule has 1 saturated heterocycles. The molecule has 4 rings (SSSR count). The van der Waals surface area contributed by atoms with Gasteiger partial charge < -0.3 is 35.0 Å². The van der Waals surface area contributed by atoms with Crippen LogP contribution in [0.25, 0.3) is 11.4 Å². The normalized spacial score (nSPS) is 16.3. The molecule has 2 heterocycles. The first-order valence-corrected chi connectivity index (χ1v) is 15.2. The molecule has 0 spiro atoms. The summed E-state index contributed by atoms with van der Waals surface area (Å²) in [7, 11) is -4.69. The summed E-state index contributed by atoms with van der Waals surface area (Å²) >= 11 is 0. The van der Waals surface area contributed by atoms with Gasteiger partial charge in [0.2, 0.25) is 5.91 Å². The molecule has 2 aromatic rings. The molecular weight excluding hydrogens is 539 g/mol. The highest BCUT2D eigenvalue weighted by molar-refractivity contribution is 7.51. The van der Waals surface area contributed by atoms with Gasteiger partial charge in [-0.05, 0) is 19.3 Å². The summed E-state index contributed by atoms with van der Waals surface area (Å²) < 4.78 is 17.1. The first-order chi connectivity index (χ1) is 19.1. The molecule has 216 valence electrons. The van der Waals surface area contributed by atoms with Crippen molar-refractivity contribution < 1.29 is 33.5 Å². The number of nitrogens with one attached hydrogen (secondary N) is 2. The number of amides is 3. The molecule has 0 bridgehead atoms. The Balaban J connectivity index is 1.47. The monoisotopic (exact) mass is 574 g/mol. The molecule has 1 aliphatic carbocycles. The van der Waals surface area contributed by atoms with Crippen molar-refractivity contribution in [2.24, 2.45) is 0 Å². The van der Waals surface area contributed by atoms with E-state index >= 15 is 0 Å². The van der Waals surface area contributed by atoms with Crippen LogP contribution in [0.15, 0.2) is 36.4 Å². The van der Waals surface area contributed by atoms with E-state index in [1.54, 1.807) is 12.1 Å². The van der Waals surface area contributed by atoms with Gasteiger partial charge in [-0.3, -0.25) is 14.2 Å². The van der Waals surface area contributed by atoms with E-state index in [2.05, 4.69) is 20.6 Å². The van der Waals surface area contributed by atoms with Gasteiger partial charge in [0.15, 0.2) is 5.82 Å². The summed E-state index contributed by atoms with van der Waals surface area (Å²) in [4.78, 5) is 69.9. The number of piperazine rings is 1. The molecule has 1 aliphatic heterocycles. The third-order valence-electron chi connectivity index (χ3n) is 6.52. The van der Waals surface area contributed by atoms with E-state index in [9.17, 15) is 28.7 Å². The Bertz CT molecular complexity index is 1250. The predicted molar refractivity (Wildman–Crippen MR) is 147 cm³/mol. The van der Waals surface area contributed by atoms with Crippen LogP contribution in [0.5, 0.6) is 0 Å². The lowest BCUT2D eigenvalue weighted by atomic mass is 10.2. The molecule has 1 unspecified atom stereocenters. The number of unbranched alkanes of at least 4 members (excludes halogenated alkanes) is 1. The minimum absolute atomic E-state index is 0.0415. The first kappa shape index (κ1) is 29.4. The summed E-state index contributed by atoms with van der Waals surface area (Å²) in [6.07, 6.45) is 2.27. The molecule has 1 atom stereocenters. The Labute approximate surface area is 232 Å². The molecule has 1 saturated carbocycles. The Kier molecular flexibility index (Phi) is 9.72. The molecule has 2 aliphatic rings. The van der Waals surface area contributed by atoms with Crippen molar-refractivity contribution in [2.45, 2.75) is 44.7 Å². The zero-order chi connectivity index (χ0) is 28.7. The molecule has 14 heteroatoms. The van der Waals surface area contributed by atoms with Crippen molar-refractivity contribution in [3.8, 4) is 11.4 Å². The molecule has 40 heavy (non-hydrogen) atoms. The Morgan fingerprint density at radius 3 is 2.38 bits per heavy atom. The maximum Gasteiger partial charge on any atom is 0.409 e. The Morgan fingerprint density at radius 1 is 1.07 bits per heavy atom. The van der Waals surface area contributed by atoms with Gasteiger partial charge in [-0.1, -0.05) is 43.7 Å². The predicted octanol–water partition coefficient (Wildman–Crippen LogP) is 2.07. The topological polar surface area (TPSA) is 174 Å². The summed E-state index contributed by atoms with van der Waals surface area (Å²) in [6, 6.07) is 9.30. The van der Waals surface area contributed by atoms with E-state index in [1.807, 2.05) is 25.1 Å². The molecule has 2 fully saturated rings. The molecule has 3 amide bonds. The van der Waals surface area contributed by atoms with Crippen LogP contribution in [-0.2, 0) is 14.1 Å². The average molecular weight is 575 g/mol. The van der Waals surface area contributed by atoms with Gasteiger partial charge in [0.1, 0.15) is 17.6 Å². The fourth-order valence-electron chi connectivity index (χ4n) is 4.17. The van der Waals surface area contributed by atoms with Gasteiger partial charge in [-0.25, -0.2) is 14.8 Å². The highest BCUT2D eigenvalue weighted by Crippen LogP contribution is 2.35. The van der Waals surface area contributed by atoms with Gasteiger partial charge in [-0.2, -0.15) is 0 Å². The minimum Gasteiger partial charge on any atom is -0.449 e. The quantitative estimate of drug-likeness (QED) is 0.230. The number of benzene rings is 1. The van der Waals surface area contributed by atoms with Crippen LogP contribution in [-0.4, -0.2) is 98.5 Å². The second-order valence-electron chi connectivity index (χ2n) is 9.90. The van der Waals surface area contributed by atoms with Crippen LogP contribution in [0.4, 0.5) is 10.6 Å². The van der Waals surface area contributed by atoms with Crippen LogP contribution in [0, 0.1) is 0 Å². The van der Waals surface area contributed by atoms with Gasteiger partial charge in [-0.15, -0.1) is 0 Å². The van der Waals surface area contributed by atoms with E-state index in [4.69, 9.17) is 4.74 Å². The van der Waals surface area contributed by atoms with E-state index in [0.717, 1.165) is 25.7 Å². The number of anilines is 1. The minimum atomic E-state index is -4.69. The highest BCUT2D eigenvalue weighted by atomic mass is 31.2. The fourth-order valence-corrected chi connectivity index (χ4v) is 4.89. The maximum atomic E-state index is 13.3. The number of hydrogen-bond acceptors (Lipinski definition) is 8. The third-order valence-corrected chi connectivity index (χ3v) is 7.36. The Morgan fingerprint density at radius 2 is 1.75 bits per heavy atom. The number of hydrogen-bond donors (Lipinski definition) is 4. The van der Waals surface area contributed by atoms with Crippen molar-refractivity contribution in [1.29, 1.82) is 0 Å². The maximum absolute atomic E-state index is 13.3. The van der Waals surface area contributed by atoms with Crippen molar-refractivity contribution in [2.75, 3.05) is 44.3 Å². The van der Waals surface area contributed by atoms with Crippen molar-refractivity contribution in [3.63, 3.8) is 0 Å². The van der Waals surface area contributed by atoms with Gasteiger partial charge >= 0.3 is 13.7 Å². The van der Waals surface area contributed by atoms with Gasteiger partial charge in [0.25, 0.3) is 5.91 Å². The number of carbonyl (C=O) groups is 3. The van der Waals surface area contributed by atoms with Crippen LogP contribution < -0.4 is 10.6 Å². The van der Waals surface area contributed by atoms with Gasteiger partial charge in [0.05, 0.1) is 12.8 Å². The van der Waals surface area contributed by atoms with Crippen molar-refractivity contribution in [3.05, 3.63) is 42.1 Å². The summed E-state index contributed by atoms with van der Waals surface area (Å²) in [6.45, 7) is 2.98. The lowest BCUT2D eigenvalue weighted by Crippen LogP contribution is -2.56. The van der Waals surface area contributed by atoms with E-state index in [-0.39, 0.29) is 37.9 Å². The lowest BCUT2D eigenvalue weighted by molar-refractivity contribution is -0.134. The Hall–Kier alpha value is -3.54. The first-order valence-electron chi connectivity index (χ1n) is 13.4. The van der Waals surface area contributed by atoms with Crippen molar-refractivity contribution in [1.82, 2.24) is 25.1 Å². The number of ether oxygens (including phenoxy) is 1. The number of rotatable bonds is 11. The zero-order valence-corrected chi connectivity index (χ0v) is 23.3. The lowest BCUT2D eigenvalue weighted by Gasteiger charge is -2.36. The second kappa shape index (κ2) is 13.2. The molecular formula is C26H35N6O7P. The second-order valence-corrected chi connectivity index (χ2v) is 11.6. The molecule has 13 nitrogen and oxygen atoms in total. The fraction of sp³-hybridized carbons (Fsp3) is 0.500. The highest BCUT2D eigenvalue weighted by Gasteiger charge is 2.35. The van der Waals surface area contributed by atoms with Crippen LogP contribution in [0.2, 0.25) is 0 Å². The smallest absolute Gasteiger partial charge is 0.409 e. The third kappa shape index (κ3) is 8.48. The molecule has 4 N–H and O–H groups in total. The van der Waals surface area contributed by atoms with E-state index in [1.165, 1.54) is 15.9 Å². The standard InChI is InChI=1S/C26H35N6O7P/c1-2-3-15-39-26(35)32-13-11-31(12-14-32)25(34)21(17-40(36,37)38)29-24(33)20-16-22(27-19-9-10-19)30-23(28-20)18-7-5-4-6-8-18/h4-8,16,19,21H,2-3,9-15,17H2,1H3,(H,29,33)(H,27,28,30)(H2,36,37,38). The van der Waals surface area contributed by atoms with E-state index < -0.39 is 37.7 Å². The number of nitrogens with zero attached hydrogens (tertiary/aromatic N) is 4. The number of carbonyl (C=O) groups excluding carboxylic acids is 3. The van der Waals surface area contributed by atoms with Crippen LogP contribution in [0.3, 0.4) is 0 Å². The summed E-state index contributed by atoms with van der Waals surface area (Å²) in [5, 5.41) is 5.73. The van der Waals surface area contributed by atoms with Gasteiger partial charge in [0, 0.05) is 43.9 Å². The molecule has 0 radical (unpaired) electrons. The van der Waals surface area contributed by atoms with Crippen LogP contribution in [0.1, 0.15) is 43.1 Å². The van der Waals surface area contributed by atoms with Crippen molar-refractivity contribution >= 4 is 31.3 Å². The number of aromatic nitrogens is 2. The summed E-state index contributed by atoms with van der Waals surface area (Å²) in [5.41, 5.74) is 0.644. The van der Waals surface area contributed by atoms with Crippen LogP contribution >= 0.6 is 7.60 Å². The van der Waals surface area contributed by atoms with E-state index in [0.29, 0.717) is 23.8 Å². The molecule has 1 aromatic carbocycles. The average Bonchev–Trinajstić information content (AvgIpc) is 3.76. The molecule has 1 aromatic heterocycles.